The highest BCUT2D eigenvalue weighted by atomic mass is 19.3. The number of hydrogen-bond acceptors (Lipinski definition) is 3. The average molecular weight is 354 g/mol. The number of para-hydroxylation sites is 1. The summed E-state index contributed by atoms with van der Waals surface area (Å²) in [5.74, 6) is -0.328. The van der Waals surface area contributed by atoms with Gasteiger partial charge in [0.05, 0.1) is 0 Å². The van der Waals surface area contributed by atoms with Gasteiger partial charge in [-0.3, -0.25) is 4.79 Å². The molecule has 0 atom stereocenters. The maximum Gasteiger partial charge on any atom is 0.387 e. The van der Waals surface area contributed by atoms with E-state index in [1.54, 1.807) is 12.1 Å². The molecule has 3 rings (SSSR count). The van der Waals surface area contributed by atoms with Crippen LogP contribution in [0.5, 0.6) is 5.75 Å². The van der Waals surface area contributed by atoms with E-state index in [1.807, 2.05) is 42.5 Å². The van der Waals surface area contributed by atoms with Crippen molar-refractivity contribution in [2.75, 3.05) is 10.6 Å². The van der Waals surface area contributed by atoms with Crippen LogP contribution >= 0.6 is 0 Å². The average Bonchev–Trinajstić information content (AvgIpc) is 2.64. The first-order valence-electron chi connectivity index (χ1n) is 7.88. The summed E-state index contributed by atoms with van der Waals surface area (Å²) >= 11 is 0. The van der Waals surface area contributed by atoms with Crippen LogP contribution in [-0.4, -0.2) is 12.5 Å². The summed E-state index contributed by atoms with van der Waals surface area (Å²) < 4.78 is 28.5. The highest BCUT2D eigenvalue weighted by Crippen LogP contribution is 2.20. The van der Waals surface area contributed by atoms with Gasteiger partial charge in [0.25, 0.3) is 5.91 Å². The zero-order chi connectivity index (χ0) is 18.4. The van der Waals surface area contributed by atoms with Gasteiger partial charge < -0.3 is 15.4 Å². The van der Waals surface area contributed by atoms with Crippen molar-refractivity contribution in [2.45, 2.75) is 6.61 Å². The number of carbonyl (C=O) groups is 1. The van der Waals surface area contributed by atoms with E-state index in [2.05, 4.69) is 15.4 Å². The summed E-state index contributed by atoms with van der Waals surface area (Å²) in [5.41, 5.74) is 2.83. The van der Waals surface area contributed by atoms with E-state index in [4.69, 9.17) is 0 Å². The van der Waals surface area contributed by atoms with Crippen LogP contribution in [0.2, 0.25) is 0 Å². The minimum Gasteiger partial charge on any atom is -0.435 e. The van der Waals surface area contributed by atoms with E-state index >= 15 is 0 Å². The molecule has 4 nitrogen and oxygen atoms in total. The molecule has 26 heavy (non-hydrogen) atoms. The van der Waals surface area contributed by atoms with Gasteiger partial charge in [-0.2, -0.15) is 8.78 Å². The summed E-state index contributed by atoms with van der Waals surface area (Å²) in [7, 11) is 0. The molecule has 0 aliphatic rings. The lowest BCUT2D eigenvalue weighted by atomic mass is 10.2. The molecule has 0 saturated heterocycles. The summed E-state index contributed by atoms with van der Waals surface area (Å²) in [5, 5.41) is 6.00. The molecular formula is C20H16F2N2O2. The topological polar surface area (TPSA) is 50.4 Å². The number of carbonyl (C=O) groups excluding carboxylic acids is 1. The van der Waals surface area contributed by atoms with Gasteiger partial charge in [-0.15, -0.1) is 0 Å². The molecule has 0 bridgehead atoms. The molecular weight excluding hydrogens is 338 g/mol. The van der Waals surface area contributed by atoms with Crippen molar-refractivity contribution < 1.29 is 18.3 Å². The van der Waals surface area contributed by atoms with E-state index in [1.165, 1.54) is 24.3 Å². The minimum absolute atomic E-state index is 0.00730. The van der Waals surface area contributed by atoms with E-state index in [-0.39, 0.29) is 11.7 Å². The van der Waals surface area contributed by atoms with Crippen LogP contribution in [0.25, 0.3) is 0 Å². The molecule has 0 heterocycles. The maximum absolute atomic E-state index is 12.2. The van der Waals surface area contributed by atoms with Crippen molar-refractivity contribution in [1.82, 2.24) is 0 Å². The normalized spacial score (nSPS) is 10.4. The highest BCUT2D eigenvalue weighted by molar-refractivity contribution is 6.04. The number of amides is 1. The highest BCUT2D eigenvalue weighted by Gasteiger charge is 2.08. The molecule has 0 fully saturated rings. The van der Waals surface area contributed by atoms with Crippen LogP contribution in [0.4, 0.5) is 25.8 Å². The molecule has 1 amide bonds. The van der Waals surface area contributed by atoms with Crippen LogP contribution in [-0.2, 0) is 0 Å². The second-order valence-corrected chi connectivity index (χ2v) is 5.43. The fraction of sp³-hybridized carbons (Fsp3) is 0.0500. The summed E-state index contributed by atoms with van der Waals surface area (Å²) in [6.45, 7) is -2.89. The second-order valence-electron chi connectivity index (χ2n) is 5.43. The fourth-order valence-corrected chi connectivity index (χ4v) is 2.32. The second kappa shape index (κ2) is 8.11. The van der Waals surface area contributed by atoms with Gasteiger partial charge in [0, 0.05) is 22.6 Å². The first-order valence-corrected chi connectivity index (χ1v) is 7.88. The van der Waals surface area contributed by atoms with E-state index in [0.717, 1.165) is 11.4 Å². The molecule has 0 aliphatic carbocycles. The number of halogens is 2. The van der Waals surface area contributed by atoms with Gasteiger partial charge >= 0.3 is 6.61 Å². The quantitative estimate of drug-likeness (QED) is 0.633. The molecule has 0 radical (unpaired) electrons. The van der Waals surface area contributed by atoms with Crippen LogP contribution < -0.4 is 15.4 Å². The Morgan fingerprint density at radius 3 is 1.96 bits per heavy atom. The molecule has 0 unspecified atom stereocenters. The van der Waals surface area contributed by atoms with Crippen LogP contribution in [0.3, 0.4) is 0 Å². The lowest BCUT2D eigenvalue weighted by Crippen LogP contribution is -2.12. The predicted molar refractivity (Wildman–Crippen MR) is 97.2 cm³/mol. The van der Waals surface area contributed by atoms with Gasteiger partial charge in [-0.05, 0) is 60.7 Å². The number of benzene rings is 3. The van der Waals surface area contributed by atoms with Gasteiger partial charge in [-0.1, -0.05) is 18.2 Å². The Kier molecular flexibility index (Phi) is 5.43. The third-order valence-corrected chi connectivity index (χ3v) is 3.55. The van der Waals surface area contributed by atoms with Gasteiger partial charge in [-0.25, -0.2) is 0 Å². The zero-order valence-corrected chi connectivity index (χ0v) is 13.7. The lowest BCUT2D eigenvalue weighted by Gasteiger charge is -2.09. The predicted octanol–water partition coefficient (Wildman–Crippen LogP) is 5.28. The van der Waals surface area contributed by atoms with Crippen molar-refractivity contribution in [1.29, 1.82) is 0 Å². The fourth-order valence-electron chi connectivity index (χ4n) is 2.32. The molecule has 6 heteroatoms. The summed E-state index contributed by atoms with van der Waals surface area (Å²) in [6, 6.07) is 22.5. The molecule has 132 valence electrons. The molecule has 0 aromatic heterocycles. The monoisotopic (exact) mass is 354 g/mol. The van der Waals surface area contributed by atoms with E-state index < -0.39 is 6.61 Å². The van der Waals surface area contributed by atoms with Crippen molar-refractivity contribution in [3.05, 3.63) is 84.4 Å². The Morgan fingerprint density at radius 2 is 1.35 bits per heavy atom. The van der Waals surface area contributed by atoms with Crippen molar-refractivity contribution >= 4 is 23.0 Å². The SMILES string of the molecule is O=C(Nc1ccc(Nc2ccccc2)cc1)c1ccc(OC(F)F)cc1. The first kappa shape index (κ1) is 17.4. The molecule has 0 saturated carbocycles. The van der Waals surface area contributed by atoms with Crippen molar-refractivity contribution in [3.8, 4) is 5.75 Å². The first-order chi connectivity index (χ1) is 12.6. The summed E-state index contributed by atoms with van der Waals surface area (Å²) in [4.78, 5) is 12.2. The molecule has 2 N–H and O–H groups in total. The number of nitrogens with one attached hydrogen (secondary N) is 2. The Morgan fingerprint density at radius 1 is 0.769 bits per heavy atom. The third kappa shape index (κ3) is 4.80. The molecule has 0 aliphatic heterocycles. The van der Waals surface area contributed by atoms with Gasteiger partial charge in [0.1, 0.15) is 5.75 Å². The van der Waals surface area contributed by atoms with Crippen molar-refractivity contribution in [2.24, 2.45) is 0 Å². The Balaban J connectivity index is 1.60. The molecule has 3 aromatic carbocycles. The maximum atomic E-state index is 12.2. The van der Waals surface area contributed by atoms with E-state index in [9.17, 15) is 13.6 Å². The minimum atomic E-state index is -2.89. The Bertz CT molecular complexity index is 851. The summed E-state index contributed by atoms with van der Waals surface area (Å²) in [6.07, 6.45) is 0. The molecule has 0 spiro atoms. The number of hydrogen-bond donors (Lipinski definition) is 2. The number of ether oxygens (including phenoxy) is 1. The standard InChI is InChI=1S/C20H16F2N2O2/c21-20(22)26-18-12-6-14(7-13-18)19(25)24-17-10-8-16(9-11-17)23-15-4-2-1-3-5-15/h1-13,20,23H,(H,24,25). The smallest absolute Gasteiger partial charge is 0.387 e. The van der Waals surface area contributed by atoms with Gasteiger partial charge in [0.15, 0.2) is 0 Å². The van der Waals surface area contributed by atoms with Crippen LogP contribution in [0.1, 0.15) is 10.4 Å². The Hall–Kier alpha value is -3.41. The van der Waals surface area contributed by atoms with Crippen molar-refractivity contribution in [3.63, 3.8) is 0 Å². The van der Waals surface area contributed by atoms with Gasteiger partial charge in [0.2, 0.25) is 0 Å². The van der Waals surface area contributed by atoms with E-state index in [0.29, 0.717) is 11.3 Å². The molecule has 3 aromatic rings. The lowest BCUT2D eigenvalue weighted by molar-refractivity contribution is -0.0498. The van der Waals surface area contributed by atoms with Crippen LogP contribution in [0, 0.1) is 0 Å². The largest absolute Gasteiger partial charge is 0.435 e. The number of rotatable bonds is 6. The third-order valence-electron chi connectivity index (χ3n) is 3.55. The van der Waals surface area contributed by atoms with Crippen LogP contribution in [0.15, 0.2) is 78.9 Å². The Labute approximate surface area is 149 Å². The zero-order valence-electron chi connectivity index (χ0n) is 13.7. The number of anilines is 3. The number of alkyl halides is 2.